The van der Waals surface area contributed by atoms with Gasteiger partial charge in [0.05, 0.1) is 22.7 Å². The Morgan fingerprint density at radius 2 is 1.87 bits per heavy atom. The third kappa shape index (κ3) is 3.46. The Morgan fingerprint density at radius 3 is 2.35 bits per heavy atom. The van der Waals surface area contributed by atoms with Gasteiger partial charge in [0.2, 0.25) is 0 Å². The van der Waals surface area contributed by atoms with Crippen LogP contribution in [0.3, 0.4) is 0 Å². The highest BCUT2D eigenvalue weighted by Crippen LogP contribution is 2.42. The number of hydrogen-bond acceptors (Lipinski definition) is 3. The summed E-state index contributed by atoms with van der Waals surface area (Å²) in [5.41, 5.74) is -2.07. The molecule has 0 amide bonds. The molecule has 8 heteroatoms. The van der Waals surface area contributed by atoms with Gasteiger partial charge in [0, 0.05) is 11.6 Å². The van der Waals surface area contributed by atoms with E-state index in [0.717, 1.165) is 10.6 Å². The first kappa shape index (κ1) is 17.7. The molecule has 0 saturated carbocycles. The monoisotopic (exact) mass is 393 g/mol. The molecule has 0 saturated heterocycles. The molecule has 0 aliphatic rings. The number of methoxy groups -OCH3 is 1. The van der Waals surface area contributed by atoms with Crippen LogP contribution in [0.2, 0.25) is 0 Å². The van der Waals surface area contributed by atoms with Crippen molar-refractivity contribution in [3.8, 4) is 5.75 Å². The minimum Gasteiger partial charge on any atom is -0.496 e. The number of nitrogens with zero attached hydrogens (tertiary/aromatic N) is 1. The third-order valence-corrected chi connectivity index (χ3v) is 3.80. The highest BCUT2D eigenvalue weighted by molar-refractivity contribution is 9.10. The second-order valence-electron chi connectivity index (χ2n) is 5.87. The second-order valence-corrected chi connectivity index (χ2v) is 6.66. The fourth-order valence-electron chi connectivity index (χ4n) is 2.11. The predicted molar refractivity (Wildman–Crippen MR) is 82.8 cm³/mol. The van der Waals surface area contributed by atoms with Gasteiger partial charge in [-0.15, -0.1) is 0 Å². The van der Waals surface area contributed by atoms with E-state index in [4.69, 9.17) is 9.47 Å². The molecule has 0 aliphatic heterocycles. The molecule has 0 atom stereocenters. The summed E-state index contributed by atoms with van der Waals surface area (Å²) >= 11 is 3.21. The zero-order valence-electron chi connectivity index (χ0n) is 12.9. The van der Waals surface area contributed by atoms with Crippen LogP contribution in [-0.2, 0) is 10.9 Å². The summed E-state index contributed by atoms with van der Waals surface area (Å²) in [6, 6.07) is 2.26. The molecule has 0 N–H and O–H groups in total. The van der Waals surface area contributed by atoms with E-state index in [-0.39, 0.29) is 16.7 Å². The van der Waals surface area contributed by atoms with Crippen LogP contribution in [0.5, 0.6) is 5.75 Å². The minimum absolute atomic E-state index is 0.0340. The van der Waals surface area contributed by atoms with Gasteiger partial charge in [-0.1, -0.05) is 0 Å². The van der Waals surface area contributed by atoms with Crippen molar-refractivity contribution in [3.05, 3.63) is 28.4 Å². The van der Waals surface area contributed by atoms with Gasteiger partial charge in [-0.2, -0.15) is 13.2 Å². The molecule has 0 radical (unpaired) electrons. The molecule has 0 fully saturated rings. The number of ether oxygens (including phenoxy) is 2. The predicted octanol–water partition coefficient (Wildman–Crippen LogP) is 5.21. The first-order chi connectivity index (χ1) is 10.5. The number of fused-ring (bicyclic) bond motifs is 1. The zero-order chi connectivity index (χ0) is 17.6. The average Bonchev–Trinajstić information content (AvgIpc) is 2.80. The fraction of sp³-hybridized carbons (Fsp3) is 0.400. The number of benzene rings is 1. The number of hydrogen-bond donors (Lipinski definition) is 0. The molecular formula is C15H15BrF3NO3. The Hall–Kier alpha value is -1.70. The van der Waals surface area contributed by atoms with E-state index in [1.54, 1.807) is 20.8 Å². The van der Waals surface area contributed by atoms with Gasteiger partial charge in [-0.3, -0.25) is 4.57 Å². The van der Waals surface area contributed by atoms with E-state index in [9.17, 15) is 18.0 Å². The highest BCUT2D eigenvalue weighted by atomic mass is 79.9. The van der Waals surface area contributed by atoms with Crippen LogP contribution in [0.25, 0.3) is 10.9 Å². The van der Waals surface area contributed by atoms with Gasteiger partial charge < -0.3 is 9.47 Å². The lowest BCUT2D eigenvalue weighted by Crippen LogP contribution is -2.27. The maximum atomic E-state index is 13.4. The largest absolute Gasteiger partial charge is 0.496 e. The van der Waals surface area contributed by atoms with Crippen LogP contribution in [0.15, 0.2) is 22.8 Å². The first-order valence-electron chi connectivity index (χ1n) is 6.64. The van der Waals surface area contributed by atoms with Crippen LogP contribution >= 0.6 is 15.9 Å². The summed E-state index contributed by atoms with van der Waals surface area (Å²) in [5, 5.41) is 0.211. The lowest BCUT2D eigenvalue weighted by molar-refractivity contribution is -0.136. The molecule has 0 spiro atoms. The third-order valence-electron chi connectivity index (χ3n) is 2.99. The Labute approximate surface area is 139 Å². The topological polar surface area (TPSA) is 40.5 Å². The van der Waals surface area contributed by atoms with Crippen molar-refractivity contribution in [2.45, 2.75) is 32.5 Å². The van der Waals surface area contributed by atoms with E-state index in [1.165, 1.54) is 19.4 Å². The second kappa shape index (κ2) is 5.74. The summed E-state index contributed by atoms with van der Waals surface area (Å²) in [6.45, 7) is 4.92. The minimum atomic E-state index is -4.65. The van der Waals surface area contributed by atoms with E-state index >= 15 is 0 Å². The molecule has 23 heavy (non-hydrogen) atoms. The van der Waals surface area contributed by atoms with Gasteiger partial charge in [-0.25, -0.2) is 4.79 Å². The summed E-state index contributed by atoms with van der Waals surface area (Å²) in [7, 11) is 1.27. The normalized spacial score (nSPS) is 12.5. The molecule has 2 aromatic rings. The smallest absolute Gasteiger partial charge is 0.419 e. The molecule has 1 aromatic heterocycles. The average molecular weight is 394 g/mol. The van der Waals surface area contributed by atoms with Crippen molar-refractivity contribution in [3.63, 3.8) is 0 Å². The van der Waals surface area contributed by atoms with Crippen LogP contribution < -0.4 is 4.74 Å². The van der Waals surface area contributed by atoms with Crippen molar-refractivity contribution in [2.24, 2.45) is 0 Å². The van der Waals surface area contributed by atoms with Crippen LogP contribution in [0.1, 0.15) is 26.3 Å². The van der Waals surface area contributed by atoms with Gasteiger partial charge in [-0.05, 0) is 48.8 Å². The molecular weight excluding hydrogens is 379 g/mol. The number of rotatable bonds is 1. The summed E-state index contributed by atoms with van der Waals surface area (Å²) in [5.74, 6) is 0.0340. The number of carbonyl (C=O) groups excluding carboxylic acids is 1. The summed E-state index contributed by atoms with van der Waals surface area (Å²) < 4.78 is 51.5. The lowest BCUT2D eigenvalue weighted by Gasteiger charge is -2.21. The van der Waals surface area contributed by atoms with E-state index in [0.29, 0.717) is 4.47 Å². The van der Waals surface area contributed by atoms with Gasteiger partial charge in [0.15, 0.2) is 0 Å². The molecule has 1 heterocycles. The number of carbonyl (C=O) groups is 1. The van der Waals surface area contributed by atoms with Gasteiger partial charge >= 0.3 is 12.3 Å². The molecule has 0 bridgehead atoms. The maximum Gasteiger partial charge on any atom is 0.419 e. The molecule has 2 rings (SSSR count). The quantitative estimate of drug-likeness (QED) is 0.667. The van der Waals surface area contributed by atoms with Gasteiger partial charge in [0.25, 0.3) is 0 Å². The fourth-order valence-corrected chi connectivity index (χ4v) is 2.70. The van der Waals surface area contributed by atoms with Crippen molar-refractivity contribution in [2.75, 3.05) is 7.11 Å². The molecule has 0 aliphatic carbocycles. The zero-order valence-corrected chi connectivity index (χ0v) is 14.5. The Balaban J connectivity index is 2.75. The van der Waals surface area contributed by atoms with E-state index < -0.39 is 23.4 Å². The number of alkyl halides is 3. The molecule has 126 valence electrons. The van der Waals surface area contributed by atoms with E-state index in [2.05, 4.69) is 15.9 Å². The number of aromatic nitrogens is 1. The Kier molecular flexibility index (Phi) is 4.40. The number of halogens is 4. The SMILES string of the molecule is COc1cc(C(F)(F)F)c2c(ccn2C(=O)OC(C)(C)C)c1Br. The van der Waals surface area contributed by atoms with E-state index in [1.807, 2.05) is 0 Å². The molecule has 1 aromatic carbocycles. The van der Waals surface area contributed by atoms with Crippen molar-refractivity contribution >= 4 is 32.9 Å². The van der Waals surface area contributed by atoms with Crippen molar-refractivity contribution in [1.82, 2.24) is 4.57 Å². The van der Waals surface area contributed by atoms with Crippen molar-refractivity contribution in [1.29, 1.82) is 0 Å². The van der Waals surface area contributed by atoms with Crippen LogP contribution in [0, 0.1) is 0 Å². The highest BCUT2D eigenvalue weighted by Gasteiger charge is 2.36. The Bertz CT molecular complexity index is 760. The van der Waals surface area contributed by atoms with Crippen LogP contribution in [0.4, 0.5) is 18.0 Å². The van der Waals surface area contributed by atoms with Gasteiger partial charge in [0.1, 0.15) is 11.4 Å². The summed E-state index contributed by atoms with van der Waals surface area (Å²) in [4.78, 5) is 12.2. The molecule has 4 nitrogen and oxygen atoms in total. The summed E-state index contributed by atoms with van der Waals surface area (Å²) in [6.07, 6.45) is -4.28. The Morgan fingerprint density at radius 1 is 1.26 bits per heavy atom. The molecule has 0 unspecified atom stereocenters. The standard InChI is InChI=1S/C15H15BrF3NO3/c1-14(2,3)23-13(21)20-6-5-8-11(16)10(22-4)7-9(12(8)20)15(17,18)19/h5-7H,1-4H3. The first-order valence-corrected chi connectivity index (χ1v) is 7.43. The van der Waals surface area contributed by atoms with Crippen molar-refractivity contribution < 1.29 is 27.4 Å². The lowest BCUT2D eigenvalue weighted by atomic mass is 10.1. The van der Waals surface area contributed by atoms with Crippen LogP contribution in [-0.4, -0.2) is 23.4 Å². The maximum absolute atomic E-state index is 13.4.